The Hall–Kier alpha value is -2.67. The summed E-state index contributed by atoms with van der Waals surface area (Å²) in [6, 6.07) is 10.1. The molecule has 1 N–H and O–H groups in total. The molecule has 1 amide bonds. The van der Waals surface area contributed by atoms with Crippen LogP contribution in [0.3, 0.4) is 0 Å². The van der Waals surface area contributed by atoms with Crippen LogP contribution in [0.2, 0.25) is 0 Å². The van der Waals surface area contributed by atoms with E-state index < -0.39 is 0 Å². The van der Waals surface area contributed by atoms with Crippen molar-refractivity contribution in [1.82, 2.24) is 14.9 Å². The van der Waals surface area contributed by atoms with E-state index in [1.165, 1.54) is 11.3 Å². The average molecular weight is 355 g/mol. The third-order valence-corrected chi connectivity index (χ3v) is 4.40. The quantitative estimate of drug-likeness (QED) is 0.797. The number of benzene rings is 1. The Kier molecular flexibility index (Phi) is 6.01. The first-order valence-corrected chi connectivity index (χ1v) is 8.84. The van der Waals surface area contributed by atoms with E-state index in [9.17, 15) is 4.79 Å². The lowest BCUT2D eigenvalue weighted by Crippen LogP contribution is -2.49. The molecule has 26 heavy (non-hydrogen) atoms. The van der Waals surface area contributed by atoms with Gasteiger partial charge in [0.25, 0.3) is 5.91 Å². The van der Waals surface area contributed by atoms with Gasteiger partial charge in [0.05, 0.1) is 6.61 Å². The Morgan fingerprint density at radius 1 is 1.23 bits per heavy atom. The number of piperazine rings is 1. The Morgan fingerprint density at radius 2 is 2.04 bits per heavy atom. The van der Waals surface area contributed by atoms with Crippen LogP contribution in [0.15, 0.2) is 36.5 Å². The molecule has 1 fully saturated rings. The third-order valence-electron chi connectivity index (χ3n) is 4.40. The maximum atomic E-state index is 12.7. The normalized spacial score (nSPS) is 14.4. The predicted octanol–water partition coefficient (Wildman–Crippen LogP) is 1.81. The van der Waals surface area contributed by atoms with Gasteiger partial charge in [0.15, 0.2) is 0 Å². The lowest BCUT2D eigenvalue weighted by Gasteiger charge is -2.36. The van der Waals surface area contributed by atoms with Crippen molar-refractivity contribution in [2.24, 2.45) is 0 Å². The number of carbonyl (C=O) groups excluding carboxylic acids is 1. The molecule has 7 heteroatoms. The fourth-order valence-electron chi connectivity index (χ4n) is 2.98. The molecule has 2 aromatic rings. The van der Waals surface area contributed by atoms with Gasteiger partial charge in [0.1, 0.15) is 5.69 Å². The van der Waals surface area contributed by atoms with Crippen molar-refractivity contribution in [3.63, 3.8) is 0 Å². The second-order valence-electron chi connectivity index (χ2n) is 6.30. The number of anilines is 2. The number of aromatic nitrogens is 2. The lowest BCUT2D eigenvalue weighted by molar-refractivity contribution is 0.0741. The molecule has 0 atom stereocenters. The molecular weight excluding hydrogens is 330 g/mol. The van der Waals surface area contributed by atoms with Crippen LogP contribution in [-0.2, 0) is 4.74 Å². The molecular formula is C19H25N5O2. The van der Waals surface area contributed by atoms with Gasteiger partial charge in [-0.25, -0.2) is 9.97 Å². The maximum Gasteiger partial charge on any atom is 0.272 e. The zero-order valence-electron chi connectivity index (χ0n) is 15.3. The predicted molar refractivity (Wildman–Crippen MR) is 102 cm³/mol. The highest BCUT2D eigenvalue weighted by atomic mass is 16.5. The minimum Gasteiger partial charge on any atom is -0.383 e. The van der Waals surface area contributed by atoms with Gasteiger partial charge in [0.2, 0.25) is 5.95 Å². The average Bonchev–Trinajstić information content (AvgIpc) is 2.68. The number of methoxy groups -OCH3 is 1. The number of hydrogen-bond acceptors (Lipinski definition) is 6. The van der Waals surface area contributed by atoms with E-state index in [1.54, 1.807) is 19.4 Å². The Balaban J connectivity index is 1.59. The van der Waals surface area contributed by atoms with Crippen molar-refractivity contribution in [3.8, 4) is 0 Å². The summed E-state index contributed by atoms with van der Waals surface area (Å²) in [5.74, 6) is 0.400. The monoisotopic (exact) mass is 355 g/mol. The van der Waals surface area contributed by atoms with Gasteiger partial charge in [-0.3, -0.25) is 4.79 Å². The topological polar surface area (TPSA) is 70.6 Å². The van der Waals surface area contributed by atoms with E-state index in [4.69, 9.17) is 4.74 Å². The zero-order valence-corrected chi connectivity index (χ0v) is 15.3. The molecule has 1 aliphatic heterocycles. The highest BCUT2D eigenvalue weighted by molar-refractivity contribution is 5.92. The minimum absolute atomic E-state index is 0.0499. The molecule has 0 bridgehead atoms. The number of hydrogen-bond donors (Lipinski definition) is 1. The van der Waals surface area contributed by atoms with Gasteiger partial charge in [-0.05, 0) is 30.7 Å². The molecule has 0 radical (unpaired) electrons. The van der Waals surface area contributed by atoms with Crippen LogP contribution in [0.5, 0.6) is 0 Å². The molecule has 0 spiro atoms. The standard InChI is InChI=1S/C19H25N5O2/c1-15-4-3-5-16(14-15)23-9-11-24(12-10-23)18(25)17-6-7-20-19(22-17)21-8-13-26-2/h3-7,14H,8-13H2,1-2H3,(H,20,21,22). The second kappa shape index (κ2) is 8.62. The molecule has 3 rings (SSSR count). The number of nitrogens with zero attached hydrogens (tertiary/aromatic N) is 4. The Labute approximate surface area is 154 Å². The fourth-order valence-corrected chi connectivity index (χ4v) is 2.98. The summed E-state index contributed by atoms with van der Waals surface area (Å²) in [6.45, 7) is 6.26. The first-order valence-electron chi connectivity index (χ1n) is 8.84. The van der Waals surface area contributed by atoms with Crippen LogP contribution in [0.25, 0.3) is 0 Å². The first kappa shape index (κ1) is 18.1. The van der Waals surface area contributed by atoms with Crippen LogP contribution < -0.4 is 10.2 Å². The molecule has 1 aliphatic rings. The van der Waals surface area contributed by atoms with Gasteiger partial charge >= 0.3 is 0 Å². The second-order valence-corrected chi connectivity index (χ2v) is 6.30. The number of amides is 1. The van der Waals surface area contributed by atoms with E-state index in [2.05, 4.69) is 51.4 Å². The highest BCUT2D eigenvalue weighted by Gasteiger charge is 2.23. The zero-order chi connectivity index (χ0) is 18.4. The summed E-state index contributed by atoms with van der Waals surface area (Å²) in [6.07, 6.45) is 1.61. The van der Waals surface area contributed by atoms with Crippen molar-refractivity contribution in [1.29, 1.82) is 0 Å². The molecule has 138 valence electrons. The molecule has 0 saturated carbocycles. The summed E-state index contributed by atoms with van der Waals surface area (Å²) >= 11 is 0. The lowest BCUT2D eigenvalue weighted by atomic mass is 10.2. The molecule has 0 unspecified atom stereocenters. The number of aryl methyl sites for hydroxylation is 1. The van der Waals surface area contributed by atoms with Gasteiger partial charge in [-0.2, -0.15) is 0 Å². The SMILES string of the molecule is COCCNc1nccc(C(=O)N2CCN(c3cccc(C)c3)CC2)n1. The Bertz CT molecular complexity index is 744. The van der Waals surface area contributed by atoms with Crippen LogP contribution >= 0.6 is 0 Å². The van der Waals surface area contributed by atoms with Crippen molar-refractivity contribution >= 4 is 17.5 Å². The third kappa shape index (κ3) is 4.49. The molecule has 1 aromatic carbocycles. The number of carbonyl (C=O) groups is 1. The summed E-state index contributed by atoms with van der Waals surface area (Å²) < 4.78 is 4.99. The van der Waals surface area contributed by atoms with E-state index in [1.807, 2.05) is 4.90 Å². The maximum absolute atomic E-state index is 12.7. The van der Waals surface area contributed by atoms with Gasteiger partial charge in [0, 0.05) is 51.7 Å². The van der Waals surface area contributed by atoms with E-state index in [-0.39, 0.29) is 5.91 Å². The van der Waals surface area contributed by atoms with Crippen LogP contribution in [0.4, 0.5) is 11.6 Å². The van der Waals surface area contributed by atoms with Crippen molar-refractivity contribution < 1.29 is 9.53 Å². The number of ether oxygens (including phenoxy) is 1. The van der Waals surface area contributed by atoms with Gasteiger partial charge in [-0.15, -0.1) is 0 Å². The summed E-state index contributed by atoms with van der Waals surface area (Å²) in [5.41, 5.74) is 2.88. The van der Waals surface area contributed by atoms with E-state index >= 15 is 0 Å². The minimum atomic E-state index is -0.0499. The van der Waals surface area contributed by atoms with Crippen molar-refractivity contribution in [3.05, 3.63) is 47.8 Å². The van der Waals surface area contributed by atoms with Crippen LogP contribution in [0, 0.1) is 6.92 Å². The molecule has 1 saturated heterocycles. The van der Waals surface area contributed by atoms with Crippen molar-refractivity contribution in [2.75, 3.05) is 56.7 Å². The summed E-state index contributed by atoms with van der Waals surface area (Å²) in [4.78, 5) is 25.4. The number of rotatable bonds is 6. The largest absolute Gasteiger partial charge is 0.383 e. The smallest absolute Gasteiger partial charge is 0.272 e. The Morgan fingerprint density at radius 3 is 2.77 bits per heavy atom. The summed E-state index contributed by atoms with van der Waals surface area (Å²) in [7, 11) is 1.64. The molecule has 1 aromatic heterocycles. The molecule has 0 aliphatic carbocycles. The van der Waals surface area contributed by atoms with Crippen molar-refractivity contribution in [2.45, 2.75) is 6.92 Å². The van der Waals surface area contributed by atoms with Crippen LogP contribution in [-0.4, -0.2) is 67.2 Å². The van der Waals surface area contributed by atoms with E-state index in [0.717, 1.165) is 13.1 Å². The molecule has 2 heterocycles. The highest BCUT2D eigenvalue weighted by Crippen LogP contribution is 2.18. The fraction of sp³-hybridized carbons (Fsp3) is 0.421. The summed E-state index contributed by atoms with van der Waals surface area (Å²) in [5, 5.41) is 3.05. The first-order chi connectivity index (χ1) is 12.7. The van der Waals surface area contributed by atoms with E-state index in [0.29, 0.717) is 37.9 Å². The van der Waals surface area contributed by atoms with Gasteiger partial charge in [-0.1, -0.05) is 12.1 Å². The van der Waals surface area contributed by atoms with Crippen LogP contribution in [0.1, 0.15) is 16.1 Å². The molecule has 7 nitrogen and oxygen atoms in total. The number of nitrogens with one attached hydrogen (secondary N) is 1. The van der Waals surface area contributed by atoms with Gasteiger partial charge < -0.3 is 19.9 Å².